The maximum absolute atomic E-state index is 12.5. The second kappa shape index (κ2) is 7.29. The average Bonchev–Trinajstić information content (AvgIpc) is 2.48. The van der Waals surface area contributed by atoms with Crippen LogP contribution in [0.15, 0.2) is 24.3 Å². The number of nitrogens with zero attached hydrogens (tertiary/aromatic N) is 1. The highest BCUT2D eigenvalue weighted by Crippen LogP contribution is 2.19. The van der Waals surface area contributed by atoms with Crippen molar-refractivity contribution in [2.75, 3.05) is 19.6 Å². The number of carbonyl (C=O) groups is 1. The Labute approximate surface area is 120 Å². The van der Waals surface area contributed by atoms with Gasteiger partial charge in [0.15, 0.2) is 0 Å². The first kappa shape index (κ1) is 14.9. The van der Waals surface area contributed by atoms with Gasteiger partial charge in [-0.25, -0.2) is 0 Å². The Morgan fingerprint density at radius 3 is 2.70 bits per heavy atom. The van der Waals surface area contributed by atoms with Crippen LogP contribution in [0.5, 0.6) is 5.75 Å². The van der Waals surface area contributed by atoms with Crippen LogP contribution in [0, 0.1) is 0 Å². The van der Waals surface area contributed by atoms with Crippen LogP contribution in [-0.2, 0) is 11.2 Å². The van der Waals surface area contributed by atoms with Crippen molar-refractivity contribution in [3.63, 3.8) is 0 Å². The highest BCUT2D eigenvalue weighted by Gasteiger charge is 2.24. The predicted molar refractivity (Wildman–Crippen MR) is 79.7 cm³/mol. The van der Waals surface area contributed by atoms with E-state index in [2.05, 4.69) is 12.2 Å². The number of hydrogen-bond donors (Lipinski definition) is 2. The first-order chi connectivity index (χ1) is 9.72. The molecule has 1 fully saturated rings. The van der Waals surface area contributed by atoms with E-state index in [9.17, 15) is 9.90 Å². The fourth-order valence-corrected chi connectivity index (χ4v) is 2.79. The van der Waals surface area contributed by atoms with Gasteiger partial charge in [-0.15, -0.1) is 0 Å². The van der Waals surface area contributed by atoms with E-state index in [1.165, 1.54) is 0 Å². The second-order valence-corrected chi connectivity index (χ2v) is 5.37. The normalized spacial score (nSPS) is 16.1. The molecule has 1 aromatic carbocycles. The summed E-state index contributed by atoms with van der Waals surface area (Å²) in [5.41, 5.74) is 0.715. The van der Waals surface area contributed by atoms with E-state index in [1.807, 2.05) is 17.0 Å². The molecule has 1 heterocycles. The van der Waals surface area contributed by atoms with Crippen molar-refractivity contribution in [3.8, 4) is 5.75 Å². The van der Waals surface area contributed by atoms with Crippen LogP contribution in [0.25, 0.3) is 0 Å². The first-order valence-electron chi connectivity index (χ1n) is 7.49. The summed E-state index contributed by atoms with van der Waals surface area (Å²) >= 11 is 0. The van der Waals surface area contributed by atoms with Crippen LogP contribution in [0.4, 0.5) is 0 Å². The van der Waals surface area contributed by atoms with Crippen LogP contribution < -0.4 is 5.32 Å². The van der Waals surface area contributed by atoms with Gasteiger partial charge in [0.25, 0.3) is 0 Å². The van der Waals surface area contributed by atoms with Gasteiger partial charge in [0.1, 0.15) is 5.75 Å². The Morgan fingerprint density at radius 1 is 1.35 bits per heavy atom. The van der Waals surface area contributed by atoms with Crippen LogP contribution >= 0.6 is 0 Å². The van der Waals surface area contributed by atoms with Gasteiger partial charge in [-0.05, 0) is 38.4 Å². The zero-order valence-corrected chi connectivity index (χ0v) is 12.1. The SMILES string of the molecule is CCCN(C(=O)Cc1ccccc1O)C1CCNCC1. The molecular weight excluding hydrogens is 252 g/mol. The van der Waals surface area contributed by atoms with Gasteiger partial charge in [-0.2, -0.15) is 0 Å². The van der Waals surface area contributed by atoms with Crippen LogP contribution in [-0.4, -0.2) is 41.6 Å². The van der Waals surface area contributed by atoms with Gasteiger partial charge in [0.05, 0.1) is 6.42 Å². The Kier molecular flexibility index (Phi) is 5.41. The van der Waals surface area contributed by atoms with E-state index in [0.29, 0.717) is 11.6 Å². The lowest BCUT2D eigenvalue weighted by atomic mass is 10.0. The molecule has 1 aliphatic rings. The zero-order valence-electron chi connectivity index (χ0n) is 12.1. The van der Waals surface area contributed by atoms with Crippen molar-refractivity contribution in [1.82, 2.24) is 10.2 Å². The maximum Gasteiger partial charge on any atom is 0.227 e. The summed E-state index contributed by atoms with van der Waals surface area (Å²) in [4.78, 5) is 14.6. The standard InChI is InChI=1S/C16H24N2O2/c1-2-11-18(14-7-9-17-10-8-14)16(20)12-13-5-3-4-6-15(13)19/h3-6,14,17,19H,2,7-12H2,1H3. The van der Waals surface area contributed by atoms with E-state index < -0.39 is 0 Å². The smallest absolute Gasteiger partial charge is 0.227 e. The molecule has 0 aromatic heterocycles. The van der Waals surface area contributed by atoms with Crippen molar-refractivity contribution in [1.29, 1.82) is 0 Å². The number of hydrogen-bond acceptors (Lipinski definition) is 3. The predicted octanol–water partition coefficient (Wildman–Crippen LogP) is 1.93. The lowest BCUT2D eigenvalue weighted by molar-refractivity contribution is -0.133. The van der Waals surface area contributed by atoms with Crippen molar-refractivity contribution in [2.24, 2.45) is 0 Å². The number of phenolic OH excluding ortho intramolecular Hbond substituents is 1. The molecule has 0 unspecified atom stereocenters. The van der Waals surface area contributed by atoms with E-state index in [4.69, 9.17) is 0 Å². The molecular formula is C16H24N2O2. The van der Waals surface area contributed by atoms with Crippen molar-refractivity contribution < 1.29 is 9.90 Å². The largest absolute Gasteiger partial charge is 0.508 e. The molecule has 4 nitrogen and oxygen atoms in total. The summed E-state index contributed by atoms with van der Waals surface area (Å²) in [6.07, 6.45) is 3.30. The summed E-state index contributed by atoms with van der Waals surface area (Å²) in [5.74, 6) is 0.336. The van der Waals surface area contributed by atoms with Crippen molar-refractivity contribution in [3.05, 3.63) is 29.8 Å². The number of nitrogens with one attached hydrogen (secondary N) is 1. The third kappa shape index (κ3) is 3.73. The molecule has 1 amide bonds. The molecule has 0 atom stereocenters. The number of rotatable bonds is 5. The highest BCUT2D eigenvalue weighted by atomic mass is 16.3. The molecule has 0 bridgehead atoms. The molecule has 0 radical (unpaired) electrons. The number of amides is 1. The van der Waals surface area contributed by atoms with Gasteiger partial charge >= 0.3 is 0 Å². The average molecular weight is 276 g/mol. The monoisotopic (exact) mass is 276 g/mol. The number of phenols is 1. The third-order valence-electron chi connectivity index (χ3n) is 3.87. The lowest BCUT2D eigenvalue weighted by Crippen LogP contribution is -2.47. The molecule has 0 aliphatic carbocycles. The summed E-state index contributed by atoms with van der Waals surface area (Å²) < 4.78 is 0. The fraction of sp³-hybridized carbons (Fsp3) is 0.562. The van der Waals surface area contributed by atoms with E-state index in [-0.39, 0.29) is 18.1 Å². The summed E-state index contributed by atoms with van der Waals surface area (Å²) in [5, 5.41) is 13.1. The van der Waals surface area contributed by atoms with Gasteiger partial charge in [-0.1, -0.05) is 25.1 Å². The Balaban J connectivity index is 2.04. The van der Waals surface area contributed by atoms with E-state index in [0.717, 1.165) is 38.9 Å². The minimum Gasteiger partial charge on any atom is -0.508 e. The fourth-order valence-electron chi connectivity index (χ4n) is 2.79. The molecule has 4 heteroatoms. The summed E-state index contributed by atoms with van der Waals surface area (Å²) in [7, 11) is 0. The molecule has 2 rings (SSSR count). The number of carbonyl (C=O) groups excluding carboxylic acids is 1. The van der Waals surface area contributed by atoms with Crippen molar-refractivity contribution in [2.45, 2.75) is 38.6 Å². The summed E-state index contributed by atoms with van der Waals surface area (Å²) in [6, 6.07) is 7.43. The molecule has 1 saturated heterocycles. The second-order valence-electron chi connectivity index (χ2n) is 5.37. The molecule has 1 aromatic rings. The topological polar surface area (TPSA) is 52.6 Å². The molecule has 2 N–H and O–H groups in total. The van der Waals surface area contributed by atoms with Crippen molar-refractivity contribution >= 4 is 5.91 Å². The van der Waals surface area contributed by atoms with Gasteiger partial charge in [0.2, 0.25) is 5.91 Å². The number of aromatic hydroxyl groups is 1. The van der Waals surface area contributed by atoms with Gasteiger partial charge in [0, 0.05) is 18.2 Å². The minimum atomic E-state index is 0.125. The van der Waals surface area contributed by atoms with E-state index >= 15 is 0 Å². The van der Waals surface area contributed by atoms with Gasteiger partial charge < -0.3 is 15.3 Å². The van der Waals surface area contributed by atoms with Crippen LogP contribution in [0.3, 0.4) is 0 Å². The minimum absolute atomic E-state index is 0.125. The highest BCUT2D eigenvalue weighted by molar-refractivity contribution is 5.79. The number of benzene rings is 1. The molecule has 0 saturated carbocycles. The Morgan fingerprint density at radius 2 is 2.05 bits per heavy atom. The first-order valence-corrected chi connectivity index (χ1v) is 7.49. The Hall–Kier alpha value is -1.55. The molecule has 0 spiro atoms. The van der Waals surface area contributed by atoms with E-state index in [1.54, 1.807) is 12.1 Å². The van der Waals surface area contributed by atoms with Gasteiger partial charge in [-0.3, -0.25) is 4.79 Å². The molecule has 110 valence electrons. The van der Waals surface area contributed by atoms with Crippen LogP contribution in [0.1, 0.15) is 31.7 Å². The zero-order chi connectivity index (χ0) is 14.4. The number of piperidine rings is 1. The Bertz CT molecular complexity index is 442. The maximum atomic E-state index is 12.5. The third-order valence-corrected chi connectivity index (χ3v) is 3.87. The summed E-state index contributed by atoms with van der Waals surface area (Å²) in [6.45, 7) is 4.86. The molecule has 1 aliphatic heterocycles. The molecule has 20 heavy (non-hydrogen) atoms. The number of para-hydroxylation sites is 1. The quantitative estimate of drug-likeness (QED) is 0.864. The van der Waals surface area contributed by atoms with Crippen LogP contribution in [0.2, 0.25) is 0 Å². The lowest BCUT2D eigenvalue weighted by Gasteiger charge is -2.34.